The Labute approximate surface area is 207 Å². The first-order valence-electron chi connectivity index (χ1n) is 10.3. The minimum absolute atomic E-state index is 0.252. The highest BCUT2D eigenvalue weighted by Gasteiger charge is 2.15. The summed E-state index contributed by atoms with van der Waals surface area (Å²) in [4.78, 5) is 29.7. The number of benzene rings is 2. The zero-order chi connectivity index (χ0) is 24.0. The van der Waals surface area contributed by atoms with Crippen molar-refractivity contribution < 1.29 is 19.0 Å². The summed E-state index contributed by atoms with van der Waals surface area (Å²) in [5, 5.41) is 4.89. The van der Waals surface area contributed by atoms with Crippen LogP contribution in [0.3, 0.4) is 0 Å². The van der Waals surface area contributed by atoms with Crippen LogP contribution in [-0.2, 0) is 16.0 Å². The van der Waals surface area contributed by atoms with E-state index in [1.54, 1.807) is 31.2 Å². The van der Waals surface area contributed by atoms with Gasteiger partial charge in [0.15, 0.2) is 18.1 Å². The molecule has 0 saturated heterocycles. The fourth-order valence-corrected chi connectivity index (χ4v) is 3.96. The van der Waals surface area contributed by atoms with Crippen molar-refractivity contribution >= 4 is 54.9 Å². The third-order valence-corrected chi connectivity index (χ3v) is 5.52. The highest BCUT2D eigenvalue weighted by molar-refractivity contribution is 9.10. The van der Waals surface area contributed by atoms with E-state index in [1.807, 2.05) is 13.0 Å². The number of ether oxygens (including phenoxy) is 3. The van der Waals surface area contributed by atoms with Gasteiger partial charge in [-0.25, -0.2) is 9.78 Å². The molecular formula is C23H23Br2N3O5. The zero-order valence-electron chi connectivity index (χ0n) is 18.4. The maximum Gasteiger partial charge on any atom is 0.344 e. The van der Waals surface area contributed by atoms with Crippen LogP contribution in [0.5, 0.6) is 11.5 Å². The molecule has 8 nitrogen and oxygen atoms in total. The normalized spacial score (nSPS) is 11.2. The summed E-state index contributed by atoms with van der Waals surface area (Å²) in [6.45, 7) is 3.69. The SMILES string of the molecule is CCCc1nc2ccc(Br)cc2c(=O)n1N=Cc1cc(Br)cc(OC)c1OCC(=O)OCC. The fourth-order valence-electron chi connectivity index (χ4n) is 3.14. The predicted octanol–water partition coefficient (Wildman–Crippen LogP) is 4.71. The number of rotatable bonds is 9. The van der Waals surface area contributed by atoms with E-state index in [9.17, 15) is 9.59 Å². The molecule has 0 atom stereocenters. The molecule has 0 aliphatic carbocycles. The van der Waals surface area contributed by atoms with Gasteiger partial charge in [0, 0.05) is 20.9 Å². The van der Waals surface area contributed by atoms with Gasteiger partial charge in [0.2, 0.25) is 0 Å². The summed E-state index contributed by atoms with van der Waals surface area (Å²) in [6, 6.07) is 8.83. The summed E-state index contributed by atoms with van der Waals surface area (Å²) in [5.74, 6) is 0.747. The van der Waals surface area contributed by atoms with Gasteiger partial charge in [0.05, 0.1) is 30.8 Å². The number of aryl methyl sites for hydroxylation is 1. The van der Waals surface area contributed by atoms with E-state index in [0.717, 1.165) is 10.9 Å². The molecule has 0 bridgehead atoms. The lowest BCUT2D eigenvalue weighted by Crippen LogP contribution is -2.22. The van der Waals surface area contributed by atoms with Crippen molar-refractivity contribution in [2.24, 2.45) is 5.10 Å². The Balaban J connectivity index is 2.09. The molecular weight excluding hydrogens is 558 g/mol. The Morgan fingerprint density at radius 1 is 1.18 bits per heavy atom. The minimum Gasteiger partial charge on any atom is -0.493 e. The first kappa shape index (κ1) is 24.9. The Morgan fingerprint density at radius 3 is 2.67 bits per heavy atom. The van der Waals surface area contributed by atoms with Crippen LogP contribution in [0.4, 0.5) is 0 Å². The lowest BCUT2D eigenvalue weighted by molar-refractivity contribution is -0.145. The molecule has 174 valence electrons. The number of hydrogen-bond acceptors (Lipinski definition) is 7. The van der Waals surface area contributed by atoms with Crippen molar-refractivity contribution in [3.05, 3.63) is 61.0 Å². The third kappa shape index (κ3) is 6.00. The Kier molecular flexibility index (Phi) is 8.62. The number of halogens is 2. The molecule has 0 amide bonds. The third-order valence-electron chi connectivity index (χ3n) is 4.57. The summed E-state index contributed by atoms with van der Waals surface area (Å²) < 4.78 is 18.8. The fraction of sp³-hybridized carbons (Fsp3) is 0.304. The van der Waals surface area contributed by atoms with Crippen molar-refractivity contribution in [1.82, 2.24) is 9.66 Å². The minimum atomic E-state index is -0.504. The van der Waals surface area contributed by atoms with Gasteiger partial charge in [-0.05, 0) is 43.7 Å². The summed E-state index contributed by atoms with van der Waals surface area (Å²) >= 11 is 6.84. The molecule has 0 aliphatic heterocycles. The monoisotopic (exact) mass is 579 g/mol. The maximum absolute atomic E-state index is 13.2. The standard InChI is InChI=1S/C23H23Br2N3O5/c1-4-6-20-27-18-8-7-15(24)10-17(18)23(30)28(20)26-12-14-9-16(25)11-19(31-3)22(14)33-13-21(29)32-5-2/h7-12H,4-6,13H2,1-3H3. The number of esters is 1. The quantitative estimate of drug-likeness (QED) is 0.269. The van der Waals surface area contributed by atoms with Gasteiger partial charge in [-0.2, -0.15) is 9.78 Å². The highest BCUT2D eigenvalue weighted by atomic mass is 79.9. The molecule has 10 heteroatoms. The van der Waals surface area contributed by atoms with Crippen molar-refractivity contribution in [2.75, 3.05) is 20.3 Å². The molecule has 0 unspecified atom stereocenters. The van der Waals surface area contributed by atoms with E-state index in [0.29, 0.717) is 44.7 Å². The van der Waals surface area contributed by atoms with Crippen LogP contribution in [0.1, 0.15) is 31.7 Å². The van der Waals surface area contributed by atoms with Gasteiger partial charge >= 0.3 is 5.97 Å². The summed E-state index contributed by atoms with van der Waals surface area (Å²) in [5.41, 5.74) is 0.840. The van der Waals surface area contributed by atoms with E-state index >= 15 is 0 Å². The number of methoxy groups -OCH3 is 1. The van der Waals surface area contributed by atoms with Crippen molar-refractivity contribution in [3.63, 3.8) is 0 Å². The number of nitrogens with zero attached hydrogens (tertiary/aromatic N) is 3. The molecule has 0 fully saturated rings. The zero-order valence-corrected chi connectivity index (χ0v) is 21.6. The molecule has 0 spiro atoms. The molecule has 3 rings (SSSR count). The first-order chi connectivity index (χ1) is 15.9. The van der Waals surface area contributed by atoms with Gasteiger partial charge in [-0.1, -0.05) is 38.8 Å². The van der Waals surface area contributed by atoms with Crippen molar-refractivity contribution in [3.8, 4) is 11.5 Å². The Morgan fingerprint density at radius 2 is 1.97 bits per heavy atom. The second kappa shape index (κ2) is 11.4. The number of carbonyl (C=O) groups excluding carboxylic acids is 1. The second-order valence-electron chi connectivity index (χ2n) is 6.92. The Hall–Kier alpha value is -2.72. The molecule has 0 saturated carbocycles. The van der Waals surface area contributed by atoms with E-state index in [2.05, 4.69) is 41.9 Å². The van der Waals surface area contributed by atoms with Crippen LogP contribution in [0.2, 0.25) is 0 Å². The van der Waals surface area contributed by atoms with Crippen molar-refractivity contribution in [2.45, 2.75) is 26.7 Å². The van der Waals surface area contributed by atoms with E-state index < -0.39 is 5.97 Å². The van der Waals surface area contributed by atoms with Gasteiger partial charge in [-0.3, -0.25) is 4.79 Å². The summed E-state index contributed by atoms with van der Waals surface area (Å²) in [6.07, 6.45) is 2.86. The summed E-state index contributed by atoms with van der Waals surface area (Å²) in [7, 11) is 1.49. The molecule has 33 heavy (non-hydrogen) atoms. The van der Waals surface area contributed by atoms with Crippen LogP contribution in [0.15, 0.2) is 49.2 Å². The highest BCUT2D eigenvalue weighted by Crippen LogP contribution is 2.34. The molecule has 0 radical (unpaired) electrons. The molecule has 0 N–H and O–H groups in total. The average molecular weight is 581 g/mol. The molecule has 2 aromatic carbocycles. The van der Waals surface area contributed by atoms with Gasteiger partial charge < -0.3 is 14.2 Å². The largest absolute Gasteiger partial charge is 0.493 e. The van der Waals surface area contributed by atoms with Crippen molar-refractivity contribution in [1.29, 1.82) is 0 Å². The number of carbonyl (C=O) groups is 1. The first-order valence-corrected chi connectivity index (χ1v) is 11.9. The van der Waals surface area contributed by atoms with E-state index in [1.165, 1.54) is 18.0 Å². The van der Waals surface area contributed by atoms with Crippen LogP contribution in [-0.4, -0.2) is 42.2 Å². The number of hydrogen-bond donors (Lipinski definition) is 0. The van der Waals surface area contributed by atoms with E-state index in [4.69, 9.17) is 14.2 Å². The van der Waals surface area contributed by atoms with Crippen LogP contribution < -0.4 is 15.0 Å². The van der Waals surface area contributed by atoms with Crippen LogP contribution in [0.25, 0.3) is 10.9 Å². The van der Waals surface area contributed by atoms with Gasteiger partial charge in [0.25, 0.3) is 5.56 Å². The topological polar surface area (TPSA) is 92.0 Å². The molecule has 0 aliphatic rings. The van der Waals surface area contributed by atoms with Crippen LogP contribution >= 0.6 is 31.9 Å². The maximum atomic E-state index is 13.2. The molecule has 1 heterocycles. The Bertz CT molecular complexity index is 1260. The van der Waals surface area contributed by atoms with Gasteiger partial charge in [0.1, 0.15) is 5.82 Å². The lowest BCUT2D eigenvalue weighted by Gasteiger charge is -2.14. The number of aromatic nitrogens is 2. The van der Waals surface area contributed by atoms with Gasteiger partial charge in [-0.15, -0.1) is 0 Å². The smallest absolute Gasteiger partial charge is 0.344 e. The molecule has 1 aromatic heterocycles. The van der Waals surface area contributed by atoms with Crippen LogP contribution in [0, 0.1) is 0 Å². The number of fused-ring (bicyclic) bond motifs is 1. The lowest BCUT2D eigenvalue weighted by atomic mass is 10.2. The van der Waals surface area contributed by atoms with E-state index in [-0.39, 0.29) is 18.8 Å². The average Bonchev–Trinajstić information content (AvgIpc) is 2.78. The predicted molar refractivity (Wildman–Crippen MR) is 134 cm³/mol. The molecule has 3 aromatic rings. The second-order valence-corrected chi connectivity index (χ2v) is 8.75.